The molecule has 0 aliphatic carbocycles. The van der Waals surface area contributed by atoms with Crippen molar-refractivity contribution in [2.75, 3.05) is 17.7 Å². The van der Waals surface area contributed by atoms with Gasteiger partial charge in [0, 0.05) is 7.11 Å². The number of hydrogen-bond acceptors (Lipinski definition) is 4. The molecule has 124 valence electrons. The maximum Gasteiger partial charge on any atom is 0.126 e. The van der Waals surface area contributed by atoms with Crippen LogP contribution in [0.5, 0.6) is 0 Å². The number of hydrogen-bond donors (Lipinski definition) is 4. The summed E-state index contributed by atoms with van der Waals surface area (Å²) < 4.78 is 14.1. The number of nitrogens with one attached hydrogen (secondary N) is 2. The normalized spacial score (nSPS) is 14.6. The van der Waals surface area contributed by atoms with Crippen LogP contribution in [0.2, 0.25) is 0 Å². The average Bonchev–Trinajstić information content (AvgIpc) is 2.95. The minimum atomic E-state index is -0.438. The minimum absolute atomic E-state index is 0.328. The van der Waals surface area contributed by atoms with E-state index in [0.29, 0.717) is 16.9 Å². The molecule has 3 rings (SSSR count). The van der Waals surface area contributed by atoms with Crippen LogP contribution in [-0.4, -0.2) is 20.1 Å². The third kappa shape index (κ3) is 3.45. The van der Waals surface area contributed by atoms with Gasteiger partial charge in [-0.1, -0.05) is 43.6 Å². The molecule has 5 N–H and O–H groups in total. The first-order valence-electron chi connectivity index (χ1n) is 7.58. The fourth-order valence-electron chi connectivity index (χ4n) is 2.70. The zero-order valence-electron chi connectivity index (χ0n) is 13.8. The zero-order valence-corrected chi connectivity index (χ0v) is 13.8. The number of aliphatic hydroxyl groups is 1. The summed E-state index contributed by atoms with van der Waals surface area (Å²) in [7, 11) is 6.74. The Hall–Kier alpha value is -2.31. The number of benzene rings is 2. The summed E-state index contributed by atoms with van der Waals surface area (Å²) in [4.78, 5) is 0. The summed E-state index contributed by atoms with van der Waals surface area (Å²) in [6.07, 6.45) is 0. The summed E-state index contributed by atoms with van der Waals surface area (Å²) in [5, 5.41) is 13.3. The van der Waals surface area contributed by atoms with Gasteiger partial charge in [0.05, 0.1) is 25.3 Å². The molecule has 0 fully saturated rings. The highest BCUT2D eigenvalue weighted by atomic mass is 19.1. The lowest BCUT2D eigenvalue weighted by molar-refractivity contribution is 0.399. The summed E-state index contributed by atoms with van der Waals surface area (Å²) >= 11 is 0. The second-order valence-electron chi connectivity index (χ2n) is 5.55. The fraction of sp³-hybridized carbons (Fsp3) is 0.222. The number of fused-ring (bicyclic) bond motifs is 1. The van der Waals surface area contributed by atoms with Gasteiger partial charge in [-0.3, -0.25) is 0 Å². The van der Waals surface area contributed by atoms with E-state index >= 15 is 0 Å². The molecule has 0 saturated carbocycles. The molecule has 1 aliphatic rings. The Morgan fingerprint density at radius 1 is 1.17 bits per heavy atom. The van der Waals surface area contributed by atoms with Crippen molar-refractivity contribution in [3.63, 3.8) is 0 Å². The number of halogens is 1. The molecule has 0 aromatic heterocycles. The standard InChI is InChI=1S/C17H17BFN3.CH4O/c1-9(18)12-7-6-11(8-14(12)19)16(20)13-4-3-5-15-17(13)22-10(2)21-15;1-2/h3-9,16,21-22H,2,20H2,1H3;2H,1H3. The predicted octanol–water partition coefficient (Wildman–Crippen LogP) is 3.02. The molecular formula is C18H21BFN3O. The molecule has 1 aliphatic heterocycles. The molecule has 24 heavy (non-hydrogen) atoms. The Kier molecular flexibility index (Phi) is 5.64. The monoisotopic (exact) mass is 325 g/mol. The van der Waals surface area contributed by atoms with Crippen LogP contribution in [0.25, 0.3) is 0 Å². The summed E-state index contributed by atoms with van der Waals surface area (Å²) in [5.74, 6) is 0.0274. The van der Waals surface area contributed by atoms with Crippen LogP contribution in [0.15, 0.2) is 48.8 Å². The molecular weight excluding hydrogens is 304 g/mol. The van der Waals surface area contributed by atoms with Gasteiger partial charge in [0.2, 0.25) is 0 Å². The van der Waals surface area contributed by atoms with Gasteiger partial charge in [-0.05, 0) is 28.8 Å². The quantitative estimate of drug-likeness (QED) is 0.655. The SMILES string of the molecule is CO.[B]C(C)c1ccc(C(N)c2cccc3c2NC(=C)N3)cc1F. The first kappa shape index (κ1) is 18.0. The molecule has 0 spiro atoms. The first-order valence-corrected chi connectivity index (χ1v) is 7.58. The number of para-hydroxylation sites is 1. The van der Waals surface area contributed by atoms with Crippen molar-refractivity contribution >= 4 is 19.2 Å². The molecule has 4 nitrogen and oxygen atoms in total. The molecule has 0 bridgehead atoms. The van der Waals surface area contributed by atoms with Crippen molar-refractivity contribution in [3.05, 3.63) is 71.3 Å². The lowest BCUT2D eigenvalue weighted by Crippen LogP contribution is -2.14. The third-order valence-corrected chi connectivity index (χ3v) is 3.87. The van der Waals surface area contributed by atoms with E-state index in [1.165, 1.54) is 6.07 Å². The van der Waals surface area contributed by atoms with E-state index in [-0.39, 0.29) is 11.6 Å². The van der Waals surface area contributed by atoms with E-state index < -0.39 is 6.04 Å². The predicted molar refractivity (Wildman–Crippen MR) is 97.6 cm³/mol. The van der Waals surface area contributed by atoms with Gasteiger partial charge < -0.3 is 21.5 Å². The van der Waals surface area contributed by atoms with Gasteiger partial charge in [0.25, 0.3) is 0 Å². The summed E-state index contributed by atoms with van der Waals surface area (Å²) in [6, 6.07) is 10.3. The Bertz CT molecular complexity index is 749. The third-order valence-electron chi connectivity index (χ3n) is 3.87. The first-order chi connectivity index (χ1) is 11.5. The van der Waals surface area contributed by atoms with Crippen molar-refractivity contribution < 1.29 is 9.50 Å². The van der Waals surface area contributed by atoms with Gasteiger partial charge in [0.15, 0.2) is 0 Å². The molecule has 2 unspecified atom stereocenters. The number of anilines is 2. The average molecular weight is 325 g/mol. The van der Waals surface area contributed by atoms with Crippen LogP contribution >= 0.6 is 0 Å². The molecule has 2 aromatic carbocycles. The Labute approximate surface area is 143 Å². The van der Waals surface area contributed by atoms with Crippen LogP contribution in [0.4, 0.5) is 15.8 Å². The second kappa shape index (κ2) is 7.51. The van der Waals surface area contributed by atoms with Crippen LogP contribution < -0.4 is 16.4 Å². The van der Waals surface area contributed by atoms with E-state index in [0.717, 1.165) is 24.0 Å². The smallest absolute Gasteiger partial charge is 0.126 e. The highest BCUT2D eigenvalue weighted by Gasteiger charge is 2.21. The number of rotatable bonds is 3. The molecule has 2 radical (unpaired) electrons. The molecule has 0 amide bonds. The lowest BCUT2D eigenvalue weighted by Gasteiger charge is -2.17. The molecule has 2 atom stereocenters. The van der Waals surface area contributed by atoms with Crippen molar-refractivity contribution in [2.45, 2.75) is 18.8 Å². The van der Waals surface area contributed by atoms with Crippen molar-refractivity contribution in [1.82, 2.24) is 0 Å². The van der Waals surface area contributed by atoms with Gasteiger partial charge in [-0.15, -0.1) is 0 Å². The molecule has 6 heteroatoms. The highest BCUT2D eigenvalue weighted by Crippen LogP contribution is 2.37. The Morgan fingerprint density at radius 3 is 2.50 bits per heavy atom. The lowest BCUT2D eigenvalue weighted by atomic mass is 9.82. The van der Waals surface area contributed by atoms with E-state index in [4.69, 9.17) is 18.7 Å². The Morgan fingerprint density at radius 2 is 1.88 bits per heavy atom. The second-order valence-corrected chi connectivity index (χ2v) is 5.55. The largest absolute Gasteiger partial charge is 0.400 e. The number of aliphatic hydroxyl groups excluding tert-OH is 1. The van der Waals surface area contributed by atoms with Gasteiger partial charge >= 0.3 is 0 Å². The van der Waals surface area contributed by atoms with Crippen LogP contribution in [0, 0.1) is 5.82 Å². The van der Waals surface area contributed by atoms with Gasteiger partial charge in [-0.25, -0.2) is 4.39 Å². The van der Waals surface area contributed by atoms with E-state index in [1.54, 1.807) is 13.0 Å². The van der Waals surface area contributed by atoms with Crippen molar-refractivity contribution in [3.8, 4) is 0 Å². The van der Waals surface area contributed by atoms with Crippen molar-refractivity contribution in [2.24, 2.45) is 5.73 Å². The molecule has 0 saturated heterocycles. The maximum absolute atomic E-state index is 14.1. The van der Waals surface area contributed by atoms with E-state index in [1.807, 2.05) is 24.3 Å². The van der Waals surface area contributed by atoms with Crippen LogP contribution in [0.3, 0.4) is 0 Å². The van der Waals surface area contributed by atoms with Gasteiger partial charge in [0.1, 0.15) is 11.6 Å². The van der Waals surface area contributed by atoms with E-state index in [2.05, 4.69) is 17.2 Å². The fourth-order valence-corrected chi connectivity index (χ4v) is 2.70. The molecule has 2 aromatic rings. The van der Waals surface area contributed by atoms with Crippen LogP contribution in [-0.2, 0) is 0 Å². The number of nitrogens with two attached hydrogens (primary N) is 1. The molecule has 1 heterocycles. The topological polar surface area (TPSA) is 70.3 Å². The van der Waals surface area contributed by atoms with E-state index in [9.17, 15) is 4.39 Å². The van der Waals surface area contributed by atoms with Crippen LogP contribution in [0.1, 0.15) is 35.5 Å². The summed E-state index contributed by atoms with van der Waals surface area (Å²) in [6.45, 7) is 5.60. The minimum Gasteiger partial charge on any atom is -0.400 e. The van der Waals surface area contributed by atoms with Gasteiger partial charge in [-0.2, -0.15) is 0 Å². The summed E-state index contributed by atoms with van der Waals surface area (Å²) in [5.41, 5.74) is 10.2. The zero-order chi connectivity index (χ0) is 17.9. The van der Waals surface area contributed by atoms with Crippen molar-refractivity contribution in [1.29, 1.82) is 0 Å². The highest BCUT2D eigenvalue weighted by molar-refractivity contribution is 6.12. The Balaban J connectivity index is 0.00000100. The maximum atomic E-state index is 14.1.